The molecule has 172 valence electrons. The van der Waals surface area contributed by atoms with Gasteiger partial charge in [0.1, 0.15) is 11.6 Å². The Morgan fingerprint density at radius 1 is 1.06 bits per heavy atom. The number of halogens is 4. The van der Waals surface area contributed by atoms with E-state index in [0.29, 0.717) is 30.8 Å². The fourth-order valence-electron chi connectivity index (χ4n) is 4.56. The first kappa shape index (κ1) is 23.0. The lowest BCUT2D eigenvalue weighted by molar-refractivity contribution is -0.207. The van der Waals surface area contributed by atoms with Crippen LogP contribution in [-0.4, -0.2) is 13.2 Å². The van der Waals surface area contributed by atoms with Gasteiger partial charge >= 0.3 is 0 Å². The molecule has 1 heterocycles. The van der Waals surface area contributed by atoms with Crippen molar-refractivity contribution < 1.29 is 27.0 Å². The highest BCUT2D eigenvalue weighted by atomic mass is 19.3. The van der Waals surface area contributed by atoms with Crippen LogP contribution in [0.5, 0.6) is 0 Å². The Kier molecular flexibility index (Phi) is 6.72. The van der Waals surface area contributed by atoms with Crippen molar-refractivity contribution >= 4 is 0 Å². The van der Waals surface area contributed by atoms with Crippen molar-refractivity contribution in [1.29, 1.82) is 0 Å². The molecule has 0 radical (unpaired) electrons. The number of benzene rings is 2. The van der Waals surface area contributed by atoms with E-state index in [9.17, 15) is 0 Å². The number of hydrogen-bond donors (Lipinski definition) is 0. The van der Waals surface area contributed by atoms with Gasteiger partial charge in [0, 0.05) is 23.5 Å². The van der Waals surface area contributed by atoms with E-state index in [0.717, 1.165) is 25.7 Å². The summed E-state index contributed by atoms with van der Waals surface area (Å²) in [5, 5.41) is 0. The molecule has 6 heteroatoms. The molecule has 2 aromatic carbocycles. The SMILES string of the molecule is C=CCCC1COC(c2ccc3c(c2F)C(F)(F)Cc2c-3ccc(CCCC)c2F)OC1. The maximum absolute atomic E-state index is 15.4. The summed E-state index contributed by atoms with van der Waals surface area (Å²) in [4.78, 5) is 0. The van der Waals surface area contributed by atoms with E-state index in [1.165, 1.54) is 12.1 Å². The fourth-order valence-corrected chi connectivity index (χ4v) is 4.56. The van der Waals surface area contributed by atoms with E-state index < -0.39 is 35.8 Å². The molecule has 0 unspecified atom stereocenters. The molecular formula is C26H28F4O2. The molecule has 0 spiro atoms. The van der Waals surface area contributed by atoms with Crippen molar-refractivity contribution in [3.05, 3.63) is 70.8 Å². The van der Waals surface area contributed by atoms with Gasteiger partial charge in [-0.2, -0.15) is 0 Å². The molecule has 1 aliphatic heterocycles. The van der Waals surface area contributed by atoms with Crippen molar-refractivity contribution in [2.75, 3.05) is 13.2 Å². The molecule has 1 aliphatic carbocycles. The lowest BCUT2D eigenvalue weighted by Crippen LogP contribution is -2.30. The maximum Gasteiger partial charge on any atom is 0.280 e. The third kappa shape index (κ3) is 4.23. The fraction of sp³-hybridized carbons (Fsp3) is 0.462. The topological polar surface area (TPSA) is 18.5 Å². The molecule has 1 saturated heterocycles. The highest BCUT2D eigenvalue weighted by molar-refractivity contribution is 5.75. The molecule has 2 aliphatic rings. The van der Waals surface area contributed by atoms with E-state index in [-0.39, 0.29) is 22.6 Å². The zero-order valence-corrected chi connectivity index (χ0v) is 18.2. The van der Waals surface area contributed by atoms with Crippen molar-refractivity contribution in [2.24, 2.45) is 5.92 Å². The summed E-state index contributed by atoms with van der Waals surface area (Å²) in [6, 6.07) is 6.10. The van der Waals surface area contributed by atoms with Gasteiger partial charge in [-0.15, -0.1) is 6.58 Å². The molecule has 0 saturated carbocycles. The van der Waals surface area contributed by atoms with Crippen LogP contribution in [-0.2, 0) is 28.2 Å². The zero-order valence-electron chi connectivity index (χ0n) is 18.2. The predicted molar refractivity (Wildman–Crippen MR) is 116 cm³/mol. The van der Waals surface area contributed by atoms with Crippen molar-refractivity contribution in [3.63, 3.8) is 0 Å². The van der Waals surface area contributed by atoms with E-state index >= 15 is 17.6 Å². The summed E-state index contributed by atoms with van der Waals surface area (Å²) in [5.74, 6) is -5.02. The Morgan fingerprint density at radius 2 is 1.78 bits per heavy atom. The molecule has 1 fully saturated rings. The number of alkyl halides is 2. The number of allylic oxidation sites excluding steroid dienone is 1. The number of unbranched alkanes of at least 4 members (excludes halogenated alkanes) is 1. The summed E-state index contributed by atoms with van der Waals surface area (Å²) in [7, 11) is 0. The van der Waals surface area contributed by atoms with Gasteiger partial charge in [-0.05, 0) is 42.4 Å². The third-order valence-corrected chi connectivity index (χ3v) is 6.35. The molecule has 4 rings (SSSR count). The average Bonchev–Trinajstić information content (AvgIpc) is 2.78. The van der Waals surface area contributed by atoms with Crippen LogP contribution in [0, 0.1) is 17.6 Å². The molecule has 2 aromatic rings. The largest absolute Gasteiger partial charge is 0.348 e. The highest BCUT2D eigenvalue weighted by Crippen LogP contribution is 2.49. The summed E-state index contributed by atoms with van der Waals surface area (Å²) in [6.07, 6.45) is 3.71. The third-order valence-electron chi connectivity index (χ3n) is 6.35. The Balaban J connectivity index is 1.67. The minimum absolute atomic E-state index is 0.0260. The number of ether oxygens (including phenoxy) is 2. The number of aryl methyl sites for hydroxylation is 1. The van der Waals surface area contributed by atoms with Crippen molar-refractivity contribution in [1.82, 2.24) is 0 Å². The predicted octanol–water partition coefficient (Wildman–Crippen LogP) is 7.25. The van der Waals surface area contributed by atoms with Crippen molar-refractivity contribution in [2.45, 2.75) is 57.7 Å². The number of rotatable bonds is 7. The molecule has 0 aromatic heterocycles. The van der Waals surface area contributed by atoms with Crippen LogP contribution in [0.15, 0.2) is 36.9 Å². The van der Waals surface area contributed by atoms with Gasteiger partial charge < -0.3 is 9.47 Å². The van der Waals surface area contributed by atoms with Crippen molar-refractivity contribution in [3.8, 4) is 11.1 Å². The van der Waals surface area contributed by atoms with Gasteiger partial charge in [0.25, 0.3) is 5.92 Å². The summed E-state index contributed by atoms with van der Waals surface area (Å²) >= 11 is 0. The van der Waals surface area contributed by atoms with Gasteiger partial charge in [-0.3, -0.25) is 0 Å². The first-order valence-electron chi connectivity index (χ1n) is 11.2. The quantitative estimate of drug-likeness (QED) is 0.328. The minimum atomic E-state index is -3.53. The van der Waals surface area contributed by atoms with Crippen LogP contribution >= 0.6 is 0 Å². The Labute approximate surface area is 186 Å². The average molecular weight is 449 g/mol. The summed E-state index contributed by atoms with van der Waals surface area (Å²) in [6.45, 7) is 6.40. The summed E-state index contributed by atoms with van der Waals surface area (Å²) < 4.78 is 72.1. The van der Waals surface area contributed by atoms with Crippen LogP contribution in [0.4, 0.5) is 17.6 Å². The molecule has 32 heavy (non-hydrogen) atoms. The van der Waals surface area contributed by atoms with Gasteiger partial charge in [-0.25, -0.2) is 17.6 Å². The lowest BCUT2D eigenvalue weighted by atomic mass is 9.80. The van der Waals surface area contributed by atoms with Crippen LogP contribution in [0.2, 0.25) is 0 Å². The smallest absolute Gasteiger partial charge is 0.280 e. The Morgan fingerprint density at radius 3 is 2.47 bits per heavy atom. The highest BCUT2D eigenvalue weighted by Gasteiger charge is 2.44. The standard InChI is InChI=1S/C26H28F4O2/c1-3-5-7-16-14-31-25(32-15-16)20-12-11-19-18-10-9-17(8-6-4-2)23(27)21(18)13-26(29,30)22(19)24(20)28/h3,9-12,16,25H,1,4-8,13-15H2,2H3. The normalized spacial score (nSPS) is 21.7. The lowest BCUT2D eigenvalue weighted by Gasteiger charge is -2.33. The maximum atomic E-state index is 15.4. The molecule has 0 amide bonds. The second kappa shape index (κ2) is 9.36. The molecule has 0 bridgehead atoms. The van der Waals surface area contributed by atoms with Gasteiger partial charge in [0.15, 0.2) is 6.29 Å². The molecular weight excluding hydrogens is 420 g/mol. The zero-order chi connectivity index (χ0) is 22.9. The van der Waals surface area contributed by atoms with Crippen LogP contribution < -0.4 is 0 Å². The molecule has 0 N–H and O–H groups in total. The minimum Gasteiger partial charge on any atom is -0.348 e. The first-order valence-corrected chi connectivity index (χ1v) is 11.2. The van der Waals surface area contributed by atoms with Gasteiger partial charge in [0.2, 0.25) is 0 Å². The first-order chi connectivity index (χ1) is 15.4. The van der Waals surface area contributed by atoms with E-state index in [1.54, 1.807) is 12.1 Å². The Hall–Kier alpha value is -2.18. The van der Waals surface area contributed by atoms with Crippen LogP contribution in [0.25, 0.3) is 11.1 Å². The second-order valence-electron chi connectivity index (χ2n) is 8.67. The summed E-state index contributed by atoms with van der Waals surface area (Å²) in [5.41, 5.74) is -0.0177. The van der Waals surface area contributed by atoms with Gasteiger partial charge in [-0.1, -0.05) is 43.7 Å². The van der Waals surface area contributed by atoms with Crippen LogP contribution in [0.1, 0.15) is 61.2 Å². The number of fused-ring (bicyclic) bond motifs is 3. The number of hydrogen-bond acceptors (Lipinski definition) is 2. The van der Waals surface area contributed by atoms with E-state index in [1.807, 2.05) is 13.0 Å². The molecule has 2 nitrogen and oxygen atoms in total. The van der Waals surface area contributed by atoms with Crippen LogP contribution in [0.3, 0.4) is 0 Å². The Bertz CT molecular complexity index is 994. The van der Waals surface area contributed by atoms with Gasteiger partial charge in [0.05, 0.1) is 18.8 Å². The monoisotopic (exact) mass is 448 g/mol. The molecule has 0 atom stereocenters. The van der Waals surface area contributed by atoms with E-state index in [4.69, 9.17) is 9.47 Å². The van der Waals surface area contributed by atoms with E-state index in [2.05, 4.69) is 6.58 Å². The second-order valence-corrected chi connectivity index (χ2v) is 8.67.